The number of hydrogen-bond donors (Lipinski definition) is 0. The summed E-state index contributed by atoms with van der Waals surface area (Å²) in [6.07, 6.45) is 0. The molecule has 15 aromatic rings. The van der Waals surface area contributed by atoms with Gasteiger partial charge in [0.1, 0.15) is 11.2 Å². The zero-order chi connectivity index (χ0) is 45.2. The predicted octanol–water partition coefficient (Wildman–Crippen LogP) is 19.5. The minimum atomic E-state index is 0.894. The Kier molecular flexibility index (Phi) is 8.13. The fourth-order valence-electron chi connectivity index (χ4n) is 11.5. The highest BCUT2D eigenvalue weighted by molar-refractivity contribution is 6.23. The summed E-state index contributed by atoms with van der Waals surface area (Å²) in [6, 6.07) is 89.6. The predicted molar refractivity (Wildman–Crippen MR) is 296 cm³/mol. The van der Waals surface area contributed by atoms with Crippen molar-refractivity contribution < 1.29 is 4.42 Å². The maximum atomic E-state index is 6.67. The summed E-state index contributed by atoms with van der Waals surface area (Å²) < 4.78 is 6.67. The van der Waals surface area contributed by atoms with E-state index in [0.29, 0.717) is 0 Å². The van der Waals surface area contributed by atoms with Crippen LogP contribution in [-0.2, 0) is 0 Å². The molecule has 0 aliphatic heterocycles. The summed E-state index contributed by atoms with van der Waals surface area (Å²) in [6.45, 7) is 0. The smallest absolute Gasteiger partial charge is 0.136 e. The van der Waals surface area contributed by atoms with Crippen LogP contribution in [0.25, 0.3) is 153 Å². The molecular formula is C68H40O. The third-order valence-electron chi connectivity index (χ3n) is 15.0. The monoisotopic (exact) mass is 872 g/mol. The van der Waals surface area contributed by atoms with Crippen LogP contribution in [0, 0.1) is 0 Å². The summed E-state index contributed by atoms with van der Waals surface area (Å²) in [5.41, 5.74) is 11.4. The average Bonchev–Trinajstić information content (AvgIpc) is 3.79. The molecule has 0 amide bonds. The third kappa shape index (κ3) is 5.97. The van der Waals surface area contributed by atoms with Gasteiger partial charge in [-0.3, -0.25) is 0 Å². The molecule has 0 saturated carbocycles. The van der Waals surface area contributed by atoms with Crippen molar-refractivity contribution in [1.82, 2.24) is 0 Å². The van der Waals surface area contributed by atoms with Crippen molar-refractivity contribution in [3.8, 4) is 44.5 Å². The van der Waals surface area contributed by atoms with E-state index in [1.807, 2.05) is 0 Å². The van der Waals surface area contributed by atoms with Crippen molar-refractivity contribution in [3.05, 3.63) is 243 Å². The molecule has 318 valence electrons. The molecule has 0 aliphatic rings. The van der Waals surface area contributed by atoms with Crippen LogP contribution in [0.5, 0.6) is 0 Å². The van der Waals surface area contributed by atoms with Crippen molar-refractivity contribution in [2.24, 2.45) is 0 Å². The molecule has 0 unspecified atom stereocenters. The van der Waals surface area contributed by atoms with Gasteiger partial charge in [-0.15, -0.1) is 0 Å². The molecule has 0 atom stereocenters. The topological polar surface area (TPSA) is 13.1 Å². The minimum Gasteiger partial charge on any atom is -0.456 e. The second-order valence-electron chi connectivity index (χ2n) is 18.8. The average molecular weight is 873 g/mol. The van der Waals surface area contributed by atoms with Gasteiger partial charge in [0.05, 0.1) is 0 Å². The second-order valence-corrected chi connectivity index (χ2v) is 18.8. The maximum absolute atomic E-state index is 6.67. The summed E-state index contributed by atoms with van der Waals surface area (Å²) in [7, 11) is 0. The zero-order valence-electron chi connectivity index (χ0n) is 37.5. The molecule has 0 N–H and O–H groups in total. The fraction of sp³-hybridized carbons (Fsp3) is 0. The highest BCUT2D eigenvalue weighted by Crippen LogP contribution is 2.42. The maximum Gasteiger partial charge on any atom is 0.136 e. The van der Waals surface area contributed by atoms with Gasteiger partial charge in [0, 0.05) is 10.8 Å². The van der Waals surface area contributed by atoms with E-state index >= 15 is 0 Å². The lowest BCUT2D eigenvalue weighted by atomic mass is 9.90. The fourth-order valence-corrected chi connectivity index (χ4v) is 11.5. The number of benzene rings is 14. The molecule has 1 heteroatoms. The number of rotatable bonds is 4. The van der Waals surface area contributed by atoms with Crippen LogP contribution in [-0.4, -0.2) is 0 Å². The van der Waals surface area contributed by atoms with E-state index in [2.05, 4.69) is 243 Å². The van der Waals surface area contributed by atoms with E-state index < -0.39 is 0 Å². The van der Waals surface area contributed by atoms with Crippen molar-refractivity contribution >= 4 is 108 Å². The lowest BCUT2D eigenvalue weighted by Gasteiger charge is -2.14. The first kappa shape index (κ1) is 38.1. The quantitative estimate of drug-likeness (QED) is 0.161. The van der Waals surface area contributed by atoms with E-state index in [1.165, 1.54) is 120 Å². The largest absolute Gasteiger partial charge is 0.456 e. The summed E-state index contributed by atoms with van der Waals surface area (Å²) in [5.74, 6) is 0. The molecule has 14 aromatic carbocycles. The van der Waals surface area contributed by atoms with Crippen molar-refractivity contribution in [2.75, 3.05) is 0 Å². The van der Waals surface area contributed by atoms with Crippen molar-refractivity contribution in [2.45, 2.75) is 0 Å². The van der Waals surface area contributed by atoms with Gasteiger partial charge in [-0.25, -0.2) is 0 Å². The van der Waals surface area contributed by atoms with Crippen LogP contribution >= 0.6 is 0 Å². The normalized spacial score (nSPS) is 12.1. The van der Waals surface area contributed by atoms with Gasteiger partial charge in [0.25, 0.3) is 0 Å². The highest BCUT2D eigenvalue weighted by Gasteiger charge is 2.16. The first-order chi connectivity index (χ1) is 34.1. The molecular weight excluding hydrogens is 833 g/mol. The zero-order valence-corrected chi connectivity index (χ0v) is 37.5. The number of fused-ring (bicyclic) bond motifs is 15. The van der Waals surface area contributed by atoms with Crippen LogP contribution < -0.4 is 0 Å². The number of hydrogen-bond acceptors (Lipinski definition) is 1. The van der Waals surface area contributed by atoms with Gasteiger partial charge >= 0.3 is 0 Å². The Morgan fingerprint density at radius 2 is 0.478 bits per heavy atom. The van der Waals surface area contributed by atoms with Gasteiger partial charge in [0.2, 0.25) is 0 Å². The Bertz CT molecular complexity index is 4370. The molecule has 0 aliphatic carbocycles. The van der Waals surface area contributed by atoms with Crippen LogP contribution in [0.15, 0.2) is 247 Å². The molecule has 0 saturated heterocycles. The summed E-state index contributed by atoms with van der Waals surface area (Å²) >= 11 is 0. The highest BCUT2D eigenvalue weighted by atomic mass is 16.3. The molecule has 0 radical (unpaired) electrons. The molecule has 0 spiro atoms. The first-order valence-corrected chi connectivity index (χ1v) is 23.9. The van der Waals surface area contributed by atoms with Crippen molar-refractivity contribution in [3.63, 3.8) is 0 Å². The van der Waals surface area contributed by atoms with Gasteiger partial charge < -0.3 is 4.42 Å². The first-order valence-electron chi connectivity index (χ1n) is 23.9. The van der Waals surface area contributed by atoms with E-state index in [1.54, 1.807) is 0 Å². The van der Waals surface area contributed by atoms with Crippen LogP contribution in [0.3, 0.4) is 0 Å². The van der Waals surface area contributed by atoms with E-state index in [4.69, 9.17) is 4.42 Å². The van der Waals surface area contributed by atoms with Crippen LogP contribution in [0.2, 0.25) is 0 Å². The van der Waals surface area contributed by atoms with Gasteiger partial charge in [-0.2, -0.15) is 0 Å². The Morgan fingerprint density at radius 3 is 0.928 bits per heavy atom. The minimum absolute atomic E-state index is 0.894. The van der Waals surface area contributed by atoms with Gasteiger partial charge in [0.15, 0.2) is 0 Å². The molecule has 1 heterocycles. The van der Waals surface area contributed by atoms with E-state index in [-0.39, 0.29) is 0 Å². The lowest BCUT2D eigenvalue weighted by molar-refractivity contribution is 0.669. The molecule has 69 heavy (non-hydrogen) atoms. The third-order valence-corrected chi connectivity index (χ3v) is 15.0. The van der Waals surface area contributed by atoms with E-state index in [0.717, 1.165) is 33.1 Å². The van der Waals surface area contributed by atoms with Gasteiger partial charge in [-0.1, -0.05) is 182 Å². The SMILES string of the molecule is c1ccc2c(c1)ccc1c3ccccc3c(-c3ccc4cc(-c5ccc6c(c5)oc5cc(-c7ccc8cc(-c9cc%10c%11ccccc%11ccc%10c%10ccccc9%10)ccc8c7)ccc56)ccc4c3)cc21. The molecule has 1 nitrogen and oxygen atoms in total. The number of furan rings is 1. The van der Waals surface area contributed by atoms with Crippen molar-refractivity contribution in [1.29, 1.82) is 0 Å². The van der Waals surface area contributed by atoms with E-state index in [9.17, 15) is 0 Å². The summed E-state index contributed by atoms with van der Waals surface area (Å²) in [5, 5.41) is 22.5. The Morgan fingerprint density at radius 1 is 0.174 bits per heavy atom. The molecule has 0 bridgehead atoms. The Balaban J connectivity index is 0.750. The Labute approximate surface area is 397 Å². The molecule has 0 fully saturated rings. The molecule has 15 rings (SSSR count). The van der Waals surface area contributed by atoms with Gasteiger partial charge in [-0.05, 0) is 191 Å². The standard InChI is InChI=1S/C68H40O/c1-3-11-53-41(9-1)25-29-59-55-13-5-7-15-57(55)63(39-65(53)59)51-23-21-43-33-45(17-19-47(43)35-51)49-27-31-61-62-32-28-50(38-68(62)69-67(61)37-49)46-18-20-48-36-52(24-22-44(48)34-46)64-40-66-54-12-4-2-10-42(54)26-30-60(66)56-14-6-8-16-58(56)64/h1-40H. The summed E-state index contributed by atoms with van der Waals surface area (Å²) in [4.78, 5) is 0. The van der Waals surface area contributed by atoms with Crippen LogP contribution in [0.4, 0.5) is 0 Å². The van der Waals surface area contributed by atoms with Crippen LogP contribution in [0.1, 0.15) is 0 Å². The second kappa shape index (κ2) is 14.7. The lowest BCUT2D eigenvalue weighted by Crippen LogP contribution is -1.87. The molecule has 1 aromatic heterocycles. The Hall–Kier alpha value is -9.04.